The lowest BCUT2D eigenvalue weighted by Gasteiger charge is -2.19. The molecule has 2 rings (SSSR count). The van der Waals surface area contributed by atoms with Gasteiger partial charge in [-0.1, -0.05) is 6.92 Å². The Kier molecular flexibility index (Phi) is 4.16. The van der Waals surface area contributed by atoms with Crippen molar-refractivity contribution in [2.45, 2.75) is 32.7 Å². The molecule has 0 aromatic carbocycles. The summed E-state index contributed by atoms with van der Waals surface area (Å²) in [5.74, 6) is 7.65. The van der Waals surface area contributed by atoms with E-state index in [1.807, 2.05) is 13.0 Å². The van der Waals surface area contributed by atoms with Gasteiger partial charge in [-0.2, -0.15) is 0 Å². The van der Waals surface area contributed by atoms with Gasteiger partial charge in [0, 0.05) is 38.5 Å². The molecule has 19 heavy (non-hydrogen) atoms. The highest BCUT2D eigenvalue weighted by molar-refractivity contribution is 5.73. The fourth-order valence-corrected chi connectivity index (χ4v) is 2.25. The number of carbonyl (C=O) groups excluding carboxylic acids is 1. The number of aromatic nitrogens is 2. The molecule has 0 saturated carbocycles. The predicted octanol–water partition coefficient (Wildman–Crippen LogP) is 0.0394. The Balaban J connectivity index is 2.12. The van der Waals surface area contributed by atoms with Crippen LogP contribution in [0.2, 0.25) is 0 Å². The molecule has 0 radical (unpaired) electrons. The second kappa shape index (κ2) is 5.83. The molecular weight excluding hydrogens is 244 g/mol. The number of rotatable bonds is 4. The number of nitrogens with zero attached hydrogens (tertiary/aromatic N) is 3. The van der Waals surface area contributed by atoms with Crippen LogP contribution in [-0.2, 0) is 11.2 Å². The number of aryl methyl sites for hydroxylation is 1. The van der Waals surface area contributed by atoms with E-state index < -0.39 is 0 Å². The van der Waals surface area contributed by atoms with Crippen molar-refractivity contribution in [3.05, 3.63) is 11.9 Å². The quantitative estimate of drug-likeness (QED) is 0.525. The van der Waals surface area contributed by atoms with E-state index in [0.29, 0.717) is 5.82 Å². The third-order valence-electron chi connectivity index (χ3n) is 3.14. The number of carbonyl (C=O) groups is 1. The highest BCUT2D eigenvalue weighted by Gasteiger charge is 2.24. The number of hydrogen-bond donors (Lipinski definition) is 3. The Morgan fingerprint density at radius 3 is 3.00 bits per heavy atom. The molecule has 1 saturated heterocycles. The second-order valence-corrected chi connectivity index (χ2v) is 4.66. The van der Waals surface area contributed by atoms with Gasteiger partial charge in [-0.25, -0.2) is 15.8 Å². The lowest BCUT2D eigenvalue weighted by molar-refractivity contribution is -0.119. The number of nitrogens with one attached hydrogen (secondary N) is 2. The molecule has 1 atom stereocenters. The topological polar surface area (TPSA) is 96.2 Å². The first-order chi connectivity index (χ1) is 9.12. The number of nitrogens with two attached hydrogens (primary N) is 1. The van der Waals surface area contributed by atoms with Gasteiger partial charge in [-0.05, 0) is 6.42 Å². The molecule has 2 heterocycles. The summed E-state index contributed by atoms with van der Waals surface area (Å²) < 4.78 is 0. The number of hydrazine groups is 1. The fourth-order valence-electron chi connectivity index (χ4n) is 2.25. The van der Waals surface area contributed by atoms with E-state index >= 15 is 0 Å². The Labute approximate surface area is 112 Å². The smallest absolute Gasteiger partial charge is 0.217 e. The Morgan fingerprint density at radius 1 is 1.58 bits per heavy atom. The first-order valence-electron chi connectivity index (χ1n) is 6.49. The van der Waals surface area contributed by atoms with E-state index in [4.69, 9.17) is 5.84 Å². The fraction of sp³-hybridized carbons (Fsp3) is 0.583. The SMILES string of the molecule is CCc1nc(NN)cc(N2CCC(NC(C)=O)C2)n1. The van der Waals surface area contributed by atoms with Crippen molar-refractivity contribution in [2.24, 2.45) is 5.84 Å². The molecule has 0 bridgehead atoms. The van der Waals surface area contributed by atoms with Crippen molar-refractivity contribution in [2.75, 3.05) is 23.4 Å². The van der Waals surface area contributed by atoms with Crippen LogP contribution < -0.4 is 21.5 Å². The Morgan fingerprint density at radius 2 is 2.37 bits per heavy atom. The van der Waals surface area contributed by atoms with Gasteiger partial charge in [-0.15, -0.1) is 0 Å². The Bertz CT molecular complexity index is 441. The van der Waals surface area contributed by atoms with E-state index in [0.717, 1.165) is 37.6 Å². The summed E-state index contributed by atoms with van der Waals surface area (Å²) in [5, 5.41) is 2.93. The zero-order valence-electron chi connectivity index (χ0n) is 11.3. The molecule has 0 spiro atoms. The van der Waals surface area contributed by atoms with Crippen LogP contribution in [0.1, 0.15) is 26.1 Å². The van der Waals surface area contributed by atoms with Crippen LogP contribution in [0.5, 0.6) is 0 Å². The first-order valence-corrected chi connectivity index (χ1v) is 6.49. The molecule has 1 aliphatic rings. The minimum absolute atomic E-state index is 0.00750. The van der Waals surface area contributed by atoms with Crippen molar-refractivity contribution < 1.29 is 4.79 Å². The molecule has 1 aliphatic heterocycles. The van der Waals surface area contributed by atoms with Crippen LogP contribution in [0.3, 0.4) is 0 Å². The average molecular weight is 264 g/mol. The number of amides is 1. The molecule has 104 valence electrons. The maximum atomic E-state index is 11.1. The lowest BCUT2D eigenvalue weighted by Crippen LogP contribution is -2.35. The van der Waals surface area contributed by atoms with Crippen LogP contribution in [-0.4, -0.2) is 35.0 Å². The minimum Gasteiger partial charge on any atom is -0.354 e. The van der Waals surface area contributed by atoms with E-state index in [9.17, 15) is 4.79 Å². The van der Waals surface area contributed by atoms with Gasteiger partial charge in [0.1, 0.15) is 17.5 Å². The molecule has 4 N–H and O–H groups in total. The van der Waals surface area contributed by atoms with Gasteiger partial charge >= 0.3 is 0 Å². The molecule has 7 heteroatoms. The lowest BCUT2D eigenvalue weighted by atomic mass is 10.3. The van der Waals surface area contributed by atoms with Crippen LogP contribution in [0, 0.1) is 0 Å². The van der Waals surface area contributed by atoms with Crippen molar-refractivity contribution >= 4 is 17.5 Å². The summed E-state index contributed by atoms with van der Waals surface area (Å²) in [6.07, 6.45) is 1.68. The summed E-state index contributed by atoms with van der Waals surface area (Å²) in [5.41, 5.74) is 2.56. The van der Waals surface area contributed by atoms with Crippen LogP contribution in [0.25, 0.3) is 0 Å². The largest absolute Gasteiger partial charge is 0.354 e. The summed E-state index contributed by atoms with van der Waals surface area (Å²) in [7, 11) is 0. The molecule has 1 fully saturated rings. The molecule has 1 unspecified atom stereocenters. The molecule has 0 aliphatic carbocycles. The maximum Gasteiger partial charge on any atom is 0.217 e. The minimum atomic E-state index is 0.00750. The first kappa shape index (κ1) is 13.5. The van der Waals surface area contributed by atoms with Gasteiger partial charge in [0.2, 0.25) is 5.91 Å². The van der Waals surface area contributed by atoms with Crippen LogP contribution in [0.4, 0.5) is 11.6 Å². The second-order valence-electron chi connectivity index (χ2n) is 4.66. The number of nitrogen functional groups attached to an aromatic ring is 1. The maximum absolute atomic E-state index is 11.1. The third-order valence-corrected chi connectivity index (χ3v) is 3.14. The molecule has 1 amide bonds. The van der Waals surface area contributed by atoms with Crippen molar-refractivity contribution in [3.63, 3.8) is 0 Å². The van der Waals surface area contributed by atoms with Gasteiger partial charge in [0.05, 0.1) is 0 Å². The third kappa shape index (κ3) is 3.31. The molecule has 1 aromatic rings. The zero-order valence-corrected chi connectivity index (χ0v) is 11.3. The molecule has 7 nitrogen and oxygen atoms in total. The van der Waals surface area contributed by atoms with Crippen LogP contribution >= 0.6 is 0 Å². The summed E-state index contributed by atoms with van der Waals surface area (Å²) in [4.78, 5) is 22.0. The monoisotopic (exact) mass is 264 g/mol. The van der Waals surface area contributed by atoms with Gasteiger partial charge in [0.15, 0.2) is 0 Å². The van der Waals surface area contributed by atoms with Crippen molar-refractivity contribution in [1.29, 1.82) is 0 Å². The highest BCUT2D eigenvalue weighted by Crippen LogP contribution is 2.20. The van der Waals surface area contributed by atoms with E-state index in [-0.39, 0.29) is 11.9 Å². The Hall–Kier alpha value is -1.89. The average Bonchev–Trinajstić information content (AvgIpc) is 2.85. The van der Waals surface area contributed by atoms with Crippen molar-refractivity contribution in [3.8, 4) is 0 Å². The number of hydrogen-bond acceptors (Lipinski definition) is 6. The van der Waals surface area contributed by atoms with Gasteiger partial charge < -0.3 is 15.6 Å². The van der Waals surface area contributed by atoms with E-state index in [2.05, 4.69) is 25.6 Å². The summed E-state index contributed by atoms with van der Waals surface area (Å²) in [6, 6.07) is 2.02. The zero-order chi connectivity index (χ0) is 13.8. The molecule has 1 aromatic heterocycles. The number of anilines is 2. The highest BCUT2D eigenvalue weighted by atomic mass is 16.1. The predicted molar refractivity (Wildman–Crippen MR) is 73.7 cm³/mol. The van der Waals surface area contributed by atoms with Gasteiger partial charge in [-0.3, -0.25) is 4.79 Å². The van der Waals surface area contributed by atoms with Crippen molar-refractivity contribution in [1.82, 2.24) is 15.3 Å². The normalized spacial score (nSPS) is 18.5. The summed E-state index contributed by atoms with van der Waals surface area (Å²) in [6.45, 7) is 5.18. The standard InChI is InChI=1S/C12H20N6O/c1-3-10-15-11(17-13)6-12(16-10)18-5-4-9(7-18)14-8(2)19/h6,9H,3-5,7,13H2,1-2H3,(H,14,19)(H,15,16,17). The van der Waals surface area contributed by atoms with E-state index in [1.54, 1.807) is 6.92 Å². The summed E-state index contributed by atoms with van der Waals surface area (Å²) >= 11 is 0. The van der Waals surface area contributed by atoms with Gasteiger partial charge in [0.25, 0.3) is 0 Å². The van der Waals surface area contributed by atoms with Crippen LogP contribution in [0.15, 0.2) is 6.07 Å². The molecular formula is C12H20N6O. The van der Waals surface area contributed by atoms with E-state index in [1.165, 1.54) is 0 Å².